The molecule has 2 amide bonds. The Labute approximate surface area is 275 Å². The Morgan fingerprint density at radius 1 is 0.844 bits per heavy atom. The van der Waals surface area contributed by atoms with Crippen molar-refractivity contribution in [3.63, 3.8) is 0 Å². The first kappa shape index (κ1) is 34.0. The maximum Gasteiger partial charge on any atom is 0.264 e. The van der Waals surface area contributed by atoms with Crippen LogP contribution in [0.25, 0.3) is 0 Å². The quantitative estimate of drug-likeness (QED) is 0.168. The van der Waals surface area contributed by atoms with Crippen LogP contribution in [0.5, 0.6) is 0 Å². The lowest BCUT2D eigenvalue weighted by Gasteiger charge is -2.34. The molecule has 0 fully saturated rings. The van der Waals surface area contributed by atoms with Gasteiger partial charge in [-0.05, 0) is 60.4 Å². The van der Waals surface area contributed by atoms with Crippen molar-refractivity contribution in [2.75, 3.05) is 17.4 Å². The van der Waals surface area contributed by atoms with Crippen molar-refractivity contribution in [3.8, 4) is 0 Å². The number of amides is 2. The van der Waals surface area contributed by atoms with Crippen molar-refractivity contribution in [3.05, 3.63) is 130 Å². The number of rotatable bonds is 13. The maximum absolute atomic E-state index is 14.5. The molecule has 4 aromatic rings. The molecule has 4 rings (SSSR count). The number of nitrogens with zero attached hydrogens (tertiary/aromatic N) is 2. The zero-order chi connectivity index (χ0) is 32.6. The number of carbonyl (C=O) groups is 2. The van der Waals surface area contributed by atoms with E-state index in [-0.39, 0.29) is 29.7 Å². The lowest BCUT2D eigenvalue weighted by Crippen LogP contribution is -2.53. The lowest BCUT2D eigenvalue weighted by molar-refractivity contribution is -0.140. The van der Waals surface area contributed by atoms with Crippen molar-refractivity contribution >= 4 is 50.7 Å². The van der Waals surface area contributed by atoms with Crippen LogP contribution in [0.1, 0.15) is 30.5 Å². The van der Waals surface area contributed by atoms with Gasteiger partial charge >= 0.3 is 0 Å². The Balaban J connectivity index is 1.81. The second-order valence-electron chi connectivity index (χ2n) is 11.3. The molecule has 45 heavy (non-hydrogen) atoms. The van der Waals surface area contributed by atoms with E-state index in [0.29, 0.717) is 27.8 Å². The fourth-order valence-corrected chi connectivity index (χ4v) is 6.67. The number of aryl methyl sites for hydroxylation is 1. The second-order valence-corrected chi connectivity index (χ2v) is 14.0. The van der Waals surface area contributed by atoms with Crippen molar-refractivity contribution < 1.29 is 18.0 Å². The molecule has 236 valence electrons. The molecule has 1 N–H and O–H groups in total. The van der Waals surface area contributed by atoms with E-state index in [1.54, 1.807) is 60.7 Å². The van der Waals surface area contributed by atoms with E-state index in [0.717, 1.165) is 15.4 Å². The van der Waals surface area contributed by atoms with E-state index in [1.165, 1.54) is 17.0 Å². The van der Waals surface area contributed by atoms with Crippen LogP contribution in [0.3, 0.4) is 0 Å². The molecule has 0 spiro atoms. The van der Waals surface area contributed by atoms with Crippen LogP contribution in [0.2, 0.25) is 10.0 Å². The molecule has 10 heteroatoms. The molecule has 0 aromatic heterocycles. The minimum absolute atomic E-state index is 0.0428. The summed E-state index contributed by atoms with van der Waals surface area (Å²) < 4.78 is 29.2. The number of benzene rings is 4. The summed E-state index contributed by atoms with van der Waals surface area (Å²) in [4.78, 5) is 29.8. The van der Waals surface area contributed by atoms with Gasteiger partial charge in [0.25, 0.3) is 10.0 Å². The highest BCUT2D eigenvalue weighted by atomic mass is 35.5. The summed E-state index contributed by atoms with van der Waals surface area (Å²) in [7, 11) is -4.17. The Hall–Kier alpha value is -3.85. The maximum atomic E-state index is 14.5. The summed E-state index contributed by atoms with van der Waals surface area (Å²) in [5.74, 6) is -0.741. The summed E-state index contributed by atoms with van der Waals surface area (Å²) in [6.07, 6.45) is 0.206. The average molecular weight is 667 g/mol. The number of anilines is 1. The minimum atomic E-state index is -4.17. The van der Waals surface area contributed by atoms with Crippen LogP contribution >= 0.6 is 23.2 Å². The van der Waals surface area contributed by atoms with Crippen molar-refractivity contribution in [1.29, 1.82) is 0 Å². The molecule has 0 aliphatic rings. The van der Waals surface area contributed by atoms with Crippen LogP contribution in [-0.4, -0.2) is 44.3 Å². The number of nitrogens with one attached hydrogen (secondary N) is 1. The van der Waals surface area contributed by atoms with Crippen molar-refractivity contribution in [2.24, 2.45) is 5.92 Å². The molecule has 0 bridgehead atoms. The third kappa shape index (κ3) is 9.10. The fraction of sp³-hybridized carbons (Fsp3) is 0.257. The smallest absolute Gasteiger partial charge is 0.264 e. The molecule has 0 saturated heterocycles. The van der Waals surface area contributed by atoms with Crippen LogP contribution in [0.4, 0.5) is 5.69 Å². The molecule has 1 atom stereocenters. The number of hydrogen-bond acceptors (Lipinski definition) is 4. The lowest BCUT2D eigenvalue weighted by atomic mass is 10.0. The van der Waals surface area contributed by atoms with Gasteiger partial charge in [-0.2, -0.15) is 0 Å². The van der Waals surface area contributed by atoms with Gasteiger partial charge < -0.3 is 10.2 Å². The molecule has 0 unspecified atom stereocenters. The topological polar surface area (TPSA) is 86.8 Å². The van der Waals surface area contributed by atoms with Gasteiger partial charge in [-0.25, -0.2) is 8.42 Å². The molecular formula is C35H37Cl2N3O4S. The molecule has 4 aromatic carbocycles. The second kappa shape index (κ2) is 15.4. The van der Waals surface area contributed by atoms with E-state index < -0.39 is 28.5 Å². The summed E-state index contributed by atoms with van der Waals surface area (Å²) in [5, 5.41) is 3.73. The fourth-order valence-electron chi connectivity index (χ4n) is 4.77. The van der Waals surface area contributed by atoms with Gasteiger partial charge in [-0.15, -0.1) is 0 Å². The van der Waals surface area contributed by atoms with Crippen LogP contribution < -0.4 is 9.62 Å². The third-order valence-corrected chi connectivity index (χ3v) is 9.62. The first-order chi connectivity index (χ1) is 21.5. The standard InChI is InChI=1S/C35H37Cl2N3O4S/c1-25(2)22-38-35(42)33(20-27-10-6-4-7-11-27)39(23-28-16-17-29(36)21-32(28)37)34(41)24-40(30-18-14-26(3)15-19-30)45(43,44)31-12-8-5-9-13-31/h4-19,21,25,33H,20,22-24H2,1-3H3,(H,38,42)/t33-/m1/s1. The molecule has 0 radical (unpaired) electrons. The highest BCUT2D eigenvalue weighted by Crippen LogP contribution is 2.27. The predicted octanol–water partition coefficient (Wildman–Crippen LogP) is 6.91. The number of sulfonamides is 1. The molecule has 0 heterocycles. The Morgan fingerprint density at radius 2 is 1.47 bits per heavy atom. The molecule has 0 saturated carbocycles. The van der Waals surface area contributed by atoms with Gasteiger partial charge in [-0.3, -0.25) is 13.9 Å². The SMILES string of the molecule is Cc1ccc(N(CC(=O)N(Cc2ccc(Cl)cc2Cl)[C@H](Cc2ccccc2)C(=O)NCC(C)C)S(=O)(=O)c2ccccc2)cc1. The Morgan fingerprint density at radius 3 is 2.07 bits per heavy atom. The summed E-state index contributed by atoms with van der Waals surface area (Å²) in [6, 6.07) is 28.2. The summed E-state index contributed by atoms with van der Waals surface area (Å²) in [6.45, 7) is 5.68. The van der Waals surface area contributed by atoms with E-state index in [1.807, 2.05) is 51.1 Å². The van der Waals surface area contributed by atoms with Gasteiger partial charge in [0.15, 0.2) is 0 Å². The van der Waals surface area contributed by atoms with Gasteiger partial charge in [0.05, 0.1) is 10.6 Å². The zero-order valence-electron chi connectivity index (χ0n) is 25.5. The van der Waals surface area contributed by atoms with Gasteiger partial charge in [0.1, 0.15) is 12.6 Å². The van der Waals surface area contributed by atoms with Gasteiger partial charge in [0, 0.05) is 29.6 Å². The molecule has 7 nitrogen and oxygen atoms in total. The van der Waals surface area contributed by atoms with Gasteiger partial charge in [0.2, 0.25) is 11.8 Å². The van der Waals surface area contributed by atoms with Crippen LogP contribution in [0, 0.1) is 12.8 Å². The Bertz CT molecular complexity index is 1700. The number of hydrogen-bond donors (Lipinski definition) is 1. The van der Waals surface area contributed by atoms with E-state index in [2.05, 4.69) is 5.32 Å². The first-order valence-corrected chi connectivity index (χ1v) is 16.8. The highest BCUT2D eigenvalue weighted by Gasteiger charge is 2.35. The van der Waals surface area contributed by atoms with E-state index >= 15 is 0 Å². The average Bonchev–Trinajstić information content (AvgIpc) is 3.02. The number of halogens is 2. The summed E-state index contributed by atoms with van der Waals surface area (Å²) in [5.41, 5.74) is 2.67. The predicted molar refractivity (Wildman–Crippen MR) is 181 cm³/mol. The number of carbonyl (C=O) groups excluding carboxylic acids is 2. The minimum Gasteiger partial charge on any atom is -0.354 e. The largest absolute Gasteiger partial charge is 0.354 e. The highest BCUT2D eigenvalue weighted by molar-refractivity contribution is 7.92. The van der Waals surface area contributed by atoms with Gasteiger partial charge in [-0.1, -0.05) is 109 Å². The zero-order valence-corrected chi connectivity index (χ0v) is 27.8. The van der Waals surface area contributed by atoms with Crippen molar-refractivity contribution in [2.45, 2.75) is 44.7 Å². The van der Waals surface area contributed by atoms with E-state index in [4.69, 9.17) is 23.2 Å². The third-order valence-electron chi connectivity index (χ3n) is 7.24. The summed E-state index contributed by atoms with van der Waals surface area (Å²) >= 11 is 12.7. The van der Waals surface area contributed by atoms with Crippen molar-refractivity contribution in [1.82, 2.24) is 10.2 Å². The van der Waals surface area contributed by atoms with E-state index in [9.17, 15) is 18.0 Å². The molecular weight excluding hydrogens is 629 g/mol. The van der Waals surface area contributed by atoms with Crippen LogP contribution in [0.15, 0.2) is 108 Å². The monoisotopic (exact) mass is 665 g/mol. The normalized spacial score (nSPS) is 12.0. The molecule has 0 aliphatic carbocycles. The van der Waals surface area contributed by atoms with Crippen LogP contribution in [-0.2, 0) is 32.6 Å². The molecule has 0 aliphatic heterocycles. The Kier molecular flexibility index (Phi) is 11.7. The first-order valence-electron chi connectivity index (χ1n) is 14.6.